The van der Waals surface area contributed by atoms with Gasteiger partial charge in [-0.15, -0.1) is 0 Å². The molecule has 0 amide bonds. The monoisotopic (exact) mass is 390 g/mol. The summed E-state index contributed by atoms with van der Waals surface area (Å²) in [4.78, 5) is -0.0851. The van der Waals surface area contributed by atoms with Crippen molar-refractivity contribution in [3.63, 3.8) is 0 Å². The Bertz CT molecular complexity index is 1040. The maximum absolute atomic E-state index is 13.0. The lowest BCUT2D eigenvalue weighted by Crippen LogP contribution is -2.34. The molecule has 136 valence electrons. The molecule has 6 nitrogen and oxygen atoms in total. The number of hydrogen-bond acceptors (Lipinski definition) is 5. The van der Waals surface area contributed by atoms with E-state index in [0.29, 0.717) is 5.56 Å². The molecular weight excluding hydrogens is 372 g/mol. The third-order valence-corrected chi connectivity index (χ3v) is 8.58. The predicted octanol–water partition coefficient (Wildman–Crippen LogP) is 2.11. The van der Waals surface area contributed by atoms with Gasteiger partial charge >= 0.3 is 0 Å². The molecule has 1 saturated heterocycles. The van der Waals surface area contributed by atoms with Crippen molar-refractivity contribution in [1.29, 1.82) is 5.26 Å². The largest absolute Gasteiger partial charge is 0.244 e. The Morgan fingerprint density at radius 3 is 2.35 bits per heavy atom. The van der Waals surface area contributed by atoms with Crippen molar-refractivity contribution in [2.75, 3.05) is 18.8 Å². The molecule has 0 aromatic heterocycles. The normalized spacial score (nSPS) is 20.8. The number of rotatable bonds is 3. The van der Waals surface area contributed by atoms with Gasteiger partial charge in [0.1, 0.15) is 6.07 Å². The Morgan fingerprint density at radius 1 is 1.00 bits per heavy atom. The van der Waals surface area contributed by atoms with Gasteiger partial charge in [0.05, 0.1) is 21.5 Å². The Kier molecular flexibility index (Phi) is 5.14. The first-order valence-electron chi connectivity index (χ1n) is 8.12. The van der Waals surface area contributed by atoms with Crippen molar-refractivity contribution in [2.24, 2.45) is 0 Å². The highest BCUT2D eigenvalue weighted by Gasteiger charge is 2.36. The van der Waals surface area contributed by atoms with Gasteiger partial charge in [0.25, 0.3) is 0 Å². The average molecular weight is 390 g/mol. The number of benzene rings is 2. The minimum Gasteiger partial charge on any atom is -0.228 e. The number of sulfonamides is 1. The molecule has 8 heteroatoms. The fourth-order valence-corrected chi connectivity index (χ4v) is 6.64. The highest BCUT2D eigenvalue weighted by molar-refractivity contribution is 7.92. The molecule has 0 unspecified atom stereocenters. The maximum Gasteiger partial charge on any atom is 0.244 e. The first-order valence-corrected chi connectivity index (χ1v) is 11.3. The fraction of sp³-hybridized carbons (Fsp3) is 0.278. The molecule has 0 spiro atoms. The summed E-state index contributed by atoms with van der Waals surface area (Å²) in [7, 11) is -7.41. The summed E-state index contributed by atoms with van der Waals surface area (Å²) in [5.41, 5.74) is 0.725. The molecule has 1 aliphatic rings. The molecule has 0 radical (unpaired) electrons. The van der Waals surface area contributed by atoms with Crippen molar-refractivity contribution in [3.8, 4) is 6.07 Å². The Labute approximate surface area is 153 Å². The van der Waals surface area contributed by atoms with Crippen LogP contribution in [0, 0.1) is 11.3 Å². The van der Waals surface area contributed by atoms with Crippen LogP contribution in [0.5, 0.6) is 0 Å². The third kappa shape index (κ3) is 3.51. The number of hydrogen-bond donors (Lipinski definition) is 0. The first-order chi connectivity index (χ1) is 12.4. The number of sulfone groups is 1. The zero-order valence-corrected chi connectivity index (χ0v) is 15.6. The van der Waals surface area contributed by atoms with Gasteiger partial charge in [-0.25, -0.2) is 16.8 Å². The second-order valence-electron chi connectivity index (χ2n) is 6.07. The van der Waals surface area contributed by atoms with Crippen LogP contribution in [0.4, 0.5) is 0 Å². The van der Waals surface area contributed by atoms with Crippen molar-refractivity contribution >= 4 is 19.9 Å². The van der Waals surface area contributed by atoms with Crippen LogP contribution in [0.25, 0.3) is 0 Å². The van der Waals surface area contributed by atoms with Crippen LogP contribution in [0.1, 0.15) is 22.8 Å². The van der Waals surface area contributed by atoms with Gasteiger partial charge in [0, 0.05) is 13.1 Å². The van der Waals surface area contributed by atoms with Crippen molar-refractivity contribution in [3.05, 3.63) is 65.7 Å². The molecule has 0 N–H and O–H groups in total. The third-order valence-electron chi connectivity index (χ3n) is 4.50. The van der Waals surface area contributed by atoms with Crippen LogP contribution in [-0.2, 0) is 19.9 Å². The van der Waals surface area contributed by atoms with Crippen LogP contribution >= 0.6 is 0 Å². The topological polar surface area (TPSA) is 95.3 Å². The molecular formula is C18H18N2O4S2. The van der Waals surface area contributed by atoms with Crippen LogP contribution in [0.15, 0.2) is 59.5 Å². The summed E-state index contributed by atoms with van der Waals surface area (Å²) in [5, 5.41) is 8.45. The van der Waals surface area contributed by atoms with Crippen LogP contribution < -0.4 is 0 Å². The lowest BCUT2D eigenvalue weighted by molar-refractivity contribution is 0.428. The minimum atomic E-state index is -3.94. The SMILES string of the molecule is N#Cc1ccccc1S(=O)(=O)N1CC[C@H](c2ccccc2)S(=O)(=O)CC1. The quantitative estimate of drug-likeness (QED) is 0.800. The zero-order valence-electron chi connectivity index (χ0n) is 13.9. The van der Waals surface area contributed by atoms with Gasteiger partial charge in [-0.2, -0.15) is 9.57 Å². The van der Waals surface area contributed by atoms with Crippen LogP contribution in [0.2, 0.25) is 0 Å². The Hall–Kier alpha value is -2.21. The molecule has 2 aromatic carbocycles. The van der Waals surface area contributed by atoms with Gasteiger partial charge in [-0.05, 0) is 24.1 Å². The summed E-state index contributed by atoms with van der Waals surface area (Å²) < 4.78 is 52.4. The summed E-state index contributed by atoms with van der Waals surface area (Å²) in [6, 6.07) is 16.7. The molecule has 1 aliphatic heterocycles. The minimum absolute atomic E-state index is 0.0548. The van der Waals surface area contributed by atoms with E-state index in [1.807, 2.05) is 12.1 Å². The average Bonchev–Trinajstić information content (AvgIpc) is 2.80. The van der Waals surface area contributed by atoms with Crippen molar-refractivity contribution in [1.82, 2.24) is 4.31 Å². The summed E-state index contributed by atoms with van der Waals surface area (Å²) >= 11 is 0. The van der Waals surface area contributed by atoms with Crippen LogP contribution in [0.3, 0.4) is 0 Å². The van der Waals surface area contributed by atoms with E-state index in [0.717, 1.165) is 0 Å². The second-order valence-corrected chi connectivity index (χ2v) is 10.3. The summed E-state index contributed by atoms with van der Waals surface area (Å²) in [6.45, 7) is -0.0331. The summed E-state index contributed by atoms with van der Waals surface area (Å²) in [5.74, 6) is -0.249. The number of nitriles is 1. The molecule has 1 atom stereocenters. The van der Waals surface area contributed by atoms with E-state index < -0.39 is 25.1 Å². The highest BCUT2D eigenvalue weighted by Crippen LogP contribution is 2.31. The molecule has 2 aromatic rings. The zero-order chi connectivity index (χ0) is 18.8. The standard InChI is InChI=1S/C18H18N2O4S2/c19-14-16-8-4-5-9-18(16)26(23,24)20-11-10-17(25(21,22)13-12-20)15-6-2-1-3-7-15/h1-9,17H,10-13H2/t17-/m1/s1. The highest BCUT2D eigenvalue weighted by atomic mass is 32.2. The summed E-state index contributed by atoms with van der Waals surface area (Å²) in [6.07, 6.45) is 0.181. The van der Waals surface area contributed by atoms with E-state index in [-0.39, 0.29) is 35.7 Å². The van der Waals surface area contributed by atoms with E-state index in [4.69, 9.17) is 0 Å². The molecule has 1 heterocycles. The Balaban J connectivity index is 1.94. The van der Waals surface area contributed by atoms with Gasteiger partial charge in [0.2, 0.25) is 10.0 Å². The molecule has 1 fully saturated rings. The second kappa shape index (κ2) is 7.19. The lowest BCUT2D eigenvalue weighted by Gasteiger charge is -2.20. The van der Waals surface area contributed by atoms with Gasteiger partial charge in [0.15, 0.2) is 9.84 Å². The maximum atomic E-state index is 13.0. The van der Waals surface area contributed by atoms with Gasteiger partial charge < -0.3 is 0 Å². The number of nitrogens with zero attached hydrogens (tertiary/aromatic N) is 2. The van der Waals surface area contributed by atoms with Crippen LogP contribution in [-0.4, -0.2) is 40.0 Å². The predicted molar refractivity (Wildman–Crippen MR) is 97.5 cm³/mol. The smallest absolute Gasteiger partial charge is 0.228 e. The van der Waals surface area contributed by atoms with E-state index >= 15 is 0 Å². The van der Waals surface area contributed by atoms with Gasteiger partial charge in [-0.1, -0.05) is 42.5 Å². The van der Waals surface area contributed by atoms with Crippen molar-refractivity contribution in [2.45, 2.75) is 16.6 Å². The van der Waals surface area contributed by atoms with E-state index in [2.05, 4.69) is 0 Å². The fourth-order valence-electron chi connectivity index (χ4n) is 3.13. The molecule has 0 saturated carbocycles. The molecule has 0 aliphatic carbocycles. The molecule has 3 rings (SSSR count). The lowest BCUT2D eigenvalue weighted by atomic mass is 10.1. The van der Waals surface area contributed by atoms with Gasteiger partial charge in [-0.3, -0.25) is 0 Å². The molecule has 0 bridgehead atoms. The first kappa shape index (κ1) is 18.6. The van der Waals surface area contributed by atoms with E-state index in [1.165, 1.54) is 16.4 Å². The molecule has 26 heavy (non-hydrogen) atoms. The van der Waals surface area contributed by atoms with E-state index in [9.17, 15) is 22.1 Å². The Morgan fingerprint density at radius 2 is 1.65 bits per heavy atom. The van der Waals surface area contributed by atoms with Crippen molar-refractivity contribution < 1.29 is 16.8 Å². The van der Waals surface area contributed by atoms with E-state index in [1.54, 1.807) is 36.4 Å².